The Labute approximate surface area is 80.8 Å². The van der Waals surface area contributed by atoms with Crippen molar-refractivity contribution < 1.29 is 13.2 Å². The van der Waals surface area contributed by atoms with E-state index in [-0.39, 0.29) is 25.2 Å². The Balaban J connectivity index is 2.64. The van der Waals surface area contributed by atoms with Gasteiger partial charge in [-0.3, -0.25) is 5.41 Å². The number of piperazine rings is 1. The fourth-order valence-corrected chi connectivity index (χ4v) is 1.69. The van der Waals surface area contributed by atoms with Crippen LogP contribution in [0.3, 0.4) is 0 Å². The Kier molecular flexibility index (Phi) is 3.04. The molecule has 1 rings (SSSR count). The summed E-state index contributed by atoms with van der Waals surface area (Å²) in [6, 6.07) is -0.0251. The largest absolute Gasteiger partial charge is 0.448 e. The first kappa shape index (κ1) is 11.3. The number of alkyl halides is 3. The number of nitrogens with zero attached hydrogens (tertiary/aromatic N) is 1. The van der Waals surface area contributed by atoms with Crippen molar-refractivity contribution >= 4 is 5.84 Å². The molecule has 2 N–H and O–H groups in total. The van der Waals surface area contributed by atoms with Crippen molar-refractivity contribution in [3.05, 3.63) is 0 Å². The van der Waals surface area contributed by atoms with Crippen molar-refractivity contribution in [1.29, 1.82) is 5.41 Å². The van der Waals surface area contributed by atoms with Gasteiger partial charge in [-0.05, 0) is 13.8 Å². The molecule has 1 fully saturated rings. The number of amidine groups is 1. The first-order valence-corrected chi connectivity index (χ1v) is 4.47. The minimum atomic E-state index is -4.53. The van der Waals surface area contributed by atoms with Gasteiger partial charge in [0.05, 0.1) is 0 Å². The molecule has 1 saturated heterocycles. The van der Waals surface area contributed by atoms with E-state index in [1.165, 1.54) is 0 Å². The Morgan fingerprint density at radius 2 is 1.71 bits per heavy atom. The van der Waals surface area contributed by atoms with Gasteiger partial charge in [0, 0.05) is 25.2 Å². The molecule has 0 bridgehead atoms. The first-order chi connectivity index (χ1) is 6.30. The van der Waals surface area contributed by atoms with E-state index in [2.05, 4.69) is 5.32 Å². The van der Waals surface area contributed by atoms with Crippen molar-refractivity contribution in [2.75, 3.05) is 13.1 Å². The Morgan fingerprint density at radius 1 is 1.29 bits per heavy atom. The van der Waals surface area contributed by atoms with Crippen LogP contribution in [-0.2, 0) is 0 Å². The Morgan fingerprint density at radius 3 is 2.07 bits per heavy atom. The van der Waals surface area contributed by atoms with Crippen molar-refractivity contribution in [2.24, 2.45) is 0 Å². The molecule has 0 aromatic heterocycles. The number of rotatable bonds is 0. The van der Waals surface area contributed by atoms with E-state index in [1.54, 1.807) is 0 Å². The van der Waals surface area contributed by atoms with Crippen LogP contribution in [0.1, 0.15) is 13.8 Å². The SMILES string of the molecule is CC1CN(C(=N)C(F)(F)F)CC(C)N1. The van der Waals surface area contributed by atoms with Gasteiger partial charge < -0.3 is 10.2 Å². The zero-order valence-electron chi connectivity index (χ0n) is 8.15. The average Bonchev–Trinajstić information content (AvgIpc) is 1.99. The predicted octanol–water partition coefficient (Wildman–Crippen LogP) is 1.21. The van der Waals surface area contributed by atoms with Crippen LogP contribution in [0.5, 0.6) is 0 Å². The lowest BCUT2D eigenvalue weighted by Gasteiger charge is -2.37. The average molecular weight is 209 g/mol. The monoisotopic (exact) mass is 209 g/mol. The van der Waals surface area contributed by atoms with Gasteiger partial charge in [0.2, 0.25) is 5.84 Å². The summed E-state index contributed by atoms with van der Waals surface area (Å²) in [4.78, 5) is 1.08. The van der Waals surface area contributed by atoms with Crippen molar-refractivity contribution in [3.8, 4) is 0 Å². The van der Waals surface area contributed by atoms with Crippen molar-refractivity contribution in [1.82, 2.24) is 10.2 Å². The molecule has 0 radical (unpaired) electrons. The van der Waals surface area contributed by atoms with Gasteiger partial charge >= 0.3 is 6.18 Å². The van der Waals surface area contributed by atoms with E-state index in [1.807, 2.05) is 13.8 Å². The topological polar surface area (TPSA) is 39.1 Å². The molecule has 0 saturated carbocycles. The summed E-state index contributed by atoms with van der Waals surface area (Å²) in [6.45, 7) is 4.10. The molecule has 2 unspecified atom stereocenters. The van der Waals surface area contributed by atoms with Crippen molar-refractivity contribution in [2.45, 2.75) is 32.1 Å². The van der Waals surface area contributed by atoms with Crippen LogP contribution in [0, 0.1) is 5.41 Å². The molecule has 2 atom stereocenters. The van der Waals surface area contributed by atoms with Crippen LogP contribution in [0.15, 0.2) is 0 Å². The fourth-order valence-electron chi connectivity index (χ4n) is 1.69. The second-order valence-corrected chi connectivity index (χ2v) is 3.72. The van der Waals surface area contributed by atoms with Gasteiger partial charge in [-0.2, -0.15) is 13.2 Å². The molecule has 3 nitrogen and oxygen atoms in total. The fraction of sp³-hybridized carbons (Fsp3) is 0.875. The van der Waals surface area contributed by atoms with Gasteiger partial charge in [-0.1, -0.05) is 0 Å². The Bertz CT molecular complexity index is 216. The highest BCUT2D eigenvalue weighted by Gasteiger charge is 2.40. The second kappa shape index (κ2) is 3.76. The maximum Gasteiger partial charge on any atom is 0.448 e. The van der Waals surface area contributed by atoms with E-state index in [0.29, 0.717) is 0 Å². The predicted molar refractivity (Wildman–Crippen MR) is 47.4 cm³/mol. The molecule has 6 heteroatoms. The first-order valence-electron chi connectivity index (χ1n) is 4.47. The lowest BCUT2D eigenvalue weighted by atomic mass is 10.1. The summed E-state index contributed by atoms with van der Waals surface area (Å²) >= 11 is 0. The van der Waals surface area contributed by atoms with E-state index in [0.717, 1.165) is 4.90 Å². The molecule has 1 aliphatic heterocycles. The molecular formula is C8H14F3N3. The lowest BCUT2D eigenvalue weighted by molar-refractivity contribution is -0.0713. The molecule has 0 spiro atoms. The summed E-state index contributed by atoms with van der Waals surface area (Å²) in [6.07, 6.45) is -4.53. The highest BCUT2D eigenvalue weighted by molar-refractivity contribution is 5.84. The van der Waals surface area contributed by atoms with Gasteiger partial charge in [0.25, 0.3) is 0 Å². The smallest absolute Gasteiger partial charge is 0.350 e. The summed E-state index contributed by atoms with van der Waals surface area (Å²) in [5.74, 6) is -1.24. The third-order valence-electron chi connectivity index (χ3n) is 2.14. The van der Waals surface area contributed by atoms with Gasteiger partial charge in [-0.25, -0.2) is 0 Å². The van der Waals surface area contributed by atoms with Crippen LogP contribution < -0.4 is 5.32 Å². The maximum atomic E-state index is 12.2. The summed E-state index contributed by atoms with van der Waals surface area (Å²) in [5.41, 5.74) is 0. The van der Waals surface area contributed by atoms with Crippen molar-refractivity contribution in [3.63, 3.8) is 0 Å². The third kappa shape index (κ3) is 2.60. The van der Waals surface area contributed by atoms with Gasteiger partial charge in [-0.15, -0.1) is 0 Å². The number of nitrogens with one attached hydrogen (secondary N) is 2. The molecule has 1 aliphatic rings. The van der Waals surface area contributed by atoms with E-state index < -0.39 is 12.0 Å². The standard InChI is InChI=1S/C8H14F3N3/c1-5-3-14(4-6(2)13-5)7(12)8(9,10)11/h5-6,12-13H,3-4H2,1-2H3. The molecule has 0 amide bonds. The number of hydrogen-bond donors (Lipinski definition) is 2. The molecule has 14 heavy (non-hydrogen) atoms. The second-order valence-electron chi connectivity index (χ2n) is 3.72. The lowest BCUT2D eigenvalue weighted by Crippen LogP contribution is -2.58. The zero-order chi connectivity index (χ0) is 10.9. The summed E-state index contributed by atoms with van der Waals surface area (Å²) in [5, 5.41) is 10.1. The minimum Gasteiger partial charge on any atom is -0.350 e. The number of halogens is 3. The summed E-state index contributed by atoms with van der Waals surface area (Å²) in [7, 11) is 0. The molecule has 1 heterocycles. The molecule has 0 aromatic rings. The highest BCUT2D eigenvalue weighted by Crippen LogP contribution is 2.20. The van der Waals surface area contributed by atoms with E-state index >= 15 is 0 Å². The number of hydrogen-bond acceptors (Lipinski definition) is 2. The normalized spacial score (nSPS) is 29.1. The third-order valence-corrected chi connectivity index (χ3v) is 2.14. The van der Waals surface area contributed by atoms with Crippen LogP contribution >= 0.6 is 0 Å². The molecule has 82 valence electrons. The van der Waals surface area contributed by atoms with Gasteiger partial charge in [0.1, 0.15) is 0 Å². The Hall–Kier alpha value is -0.780. The molecule has 0 aromatic carbocycles. The molecule has 0 aliphatic carbocycles. The zero-order valence-corrected chi connectivity index (χ0v) is 8.15. The van der Waals surface area contributed by atoms with Gasteiger partial charge in [0.15, 0.2) is 0 Å². The summed E-state index contributed by atoms with van der Waals surface area (Å²) < 4.78 is 36.6. The van der Waals surface area contributed by atoms with E-state index in [9.17, 15) is 13.2 Å². The van der Waals surface area contributed by atoms with E-state index in [4.69, 9.17) is 5.41 Å². The van der Waals surface area contributed by atoms with Crippen LogP contribution in [0.25, 0.3) is 0 Å². The quantitative estimate of drug-likeness (QED) is 0.465. The highest BCUT2D eigenvalue weighted by atomic mass is 19.4. The van der Waals surface area contributed by atoms with Crippen LogP contribution in [0.4, 0.5) is 13.2 Å². The minimum absolute atomic E-state index is 0.0125. The van der Waals surface area contributed by atoms with Crippen LogP contribution in [-0.4, -0.2) is 42.1 Å². The maximum absolute atomic E-state index is 12.2. The molecular weight excluding hydrogens is 195 g/mol. The van der Waals surface area contributed by atoms with Crippen LogP contribution in [0.2, 0.25) is 0 Å².